The first-order valence-electron chi connectivity index (χ1n) is 7.18. The number of nitrogens with one attached hydrogen (secondary N) is 2. The average molecular weight is 259 g/mol. The molecule has 0 radical (unpaired) electrons. The number of hydrogen-bond acceptors (Lipinski definition) is 3. The average Bonchev–Trinajstić information content (AvgIpc) is 2.90. The summed E-state index contributed by atoms with van der Waals surface area (Å²) in [5.74, 6) is 0.865. The number of anilines is 3. The van der Waals surface area contributed by atoms with Gasteiger partial charge in [0.15, 0.2) is 0 Å². The lowest BCUT2D eigenvalue weighted by Gasteiger charge is -2.20. The molecule has 4 N–H and O–H groups in total. The van der Waals surface area contributed by atoms with Crippen molar-refractivity contribution < 1.29 is 4.79 Å². The Labute approximate surface area is 113 Å². The van der Waals surface area contributed by atoms with Crippen molar-refractivity contribution in [3.05, 3.63) is 17.7 Å². The fraction of sp³-hybridized carbons (Fsp3) is 0.533. The molecule has 102 valence electrons. The molecule has 1 aromatic rings. The van der Waals surface area contributed by atoms with Crippen LogP contribution in [0.15, 0.2) is 12.1 Å². The molecule has 2 aliphatic rings. The quantitative estimate of drug-likeness (QED) is 0.731. The number of carbonyl (C=O) groups is 1. The zero-order valence-electron chi connectivity index (χ0n) is 11.2. The van der Waals surface area contributed by atoms with Crippen LogP contribution < -0.4 is 16.4 Å². The van der Waals surface area contributed by atoms with Crippen LogP contribution in [-0.2, 0) is 11.2 Å². The molecule has 1 fully saturated rings. The van der Waals surface area contributed by atoms with Crippen LogP contribution in [0.1, 0.15) is 37.7 Å². The van der Waals surface area contributed by atoms with Crippen molar-refractivity contribution in [2.45, 2.75) is 38.5 Å². The van der Waals surface area contributed by atoms with Gasteiger partial charge in [0.1, 0.15) is 0 Å². The van der Waals surface area contributed by atoms with E-state index in [2.05, 4.69) is 10.6 Å². The Morgan fingerprint density at radius 1 is 1.26 bits per heavy atom. The van der Waals surface area contributed by atoms with Crippen molar-refractivity contribution in [3.8, 4) is 0 Å². The van der Waals surface area contributed by atoms with Gasteiger partial charge in [-0.3, -0.25) is 4.79 Å². The van der Waals surface area contributed by atoms with Crippen LogP contribution in [0.5, 0.6) is 0 Å². The second kappa shape index (κ2) is 5.11. The number of aryl methyl sites for hydroxylation is 1. The fourth-order valence-electron chi connectivity index (χ4n) is 3.07. The molecule has 0 unspecified atom stereocenters. The zero-order valence-corrected chi connectivity index (χ0v) is 11.2. The van der Waals surface area contributed by atoms with Crippen LogP contribution in [0, 0.1) is 5.92 Å². The van der Waals surface area contributed by atoms with Gasteiger partial charge in [0.05, 0.1) is 11.4 Å². The molecule has 19 heavy (non-hydrogen) atoms. The molecule has 1 aliphatic heterocycles. The smallest absolute Gasteiger partial charge is 0.224 e. The van der Waals surface area contributed by atoms with E-state index in [1.165, 1.54) is 25.7 Å². The topological polar surface area (TPSA) is 67.2 Å². The lowest BCUT2D eigenvalue weighted by Crippen LogP contribution is -2.20. The van der Waals surface area contributed by atoms with Gasteiger partial charge in [0.25, 0.3) is 0 Å². The molecule has 1 saturated carbocycles. The minimum atomic E-state index is 0.0963. The summed E-state index contributed by atoms with van der Waals surface area (Å²) >= 11 is 0. The van der Waals surface area contributed by atoms with E-state index in [0.717, 1.165) is 41.5 Å². The molecule has 0 atom stereocenters. The Morgan fingerprint density at radius 3 is 2.84 bits per heavy atom. The maximum absolute atomic E-state index is 11.4. The van der Waals surface area contributed by atoms with Gasteiger partial charge in [-0.1, -0.05) is 12.8 Å². The summed E-state index contributed by atoms with van der Waals surface area (Å²) < 4.78 is 0. The van der Waals surface area contributed by atoms with Crippen LogP contribution >= 0.6 is 0 Å². The van der Waals surface area contributed by atoms with Gasteiger partial charge in [-0.15, -0.1) is 0 Å². The highest BCUT2D eigenvalue weighted by molar-refractivity contribution is 5.95. The second-order valence-electron chi connectivity index (χ2n) is 5.68. The van der Waals surface area contributed by atoms with Crippen molar-refractivity contribution in [2.75, 3.05) is 22.9 Å². The molecule has 0 spiro atoms. The minimum Gasteiger partial charge on any atom is -0.397 e. The van der Waals surface area contributed by atoms with Gasteiger partial charge in [0.2, 0.25) is 5.91 Å². The van der Waals surface area contributed by atoms with Crippen LogP contribution in [0.4, 0.5) is 17.1 Å². The van der Waals surface area contributed by atoms with Crippen LogP contribution in [-0.4, -0.2) is 12.5 Å². The lowest BCUT2D eigenvalue weighted by molar-refractivity contribution is -0.116. The normalized spacial score (nSPS) is 19.1. The Morgan fingerprint density at radius 2 is 2.05 bits per heavy atom. The van der Waals surface area contributed by atoms with E-state index < -0.39 is 0 Å². The molecule has 0 bridgehead atoms. The number of rotatable bonds is 3. The van der Waals surface area contributed by atoms with E-state index in [9.17, 15) is 4.79 Å². The molecule has 4 nitrogen and oxygen atoms in total. The molecule has 4 heteroatoms. The molecule has 1 aliphatic carbocycles. The number of fused-ring (bicyclic) bond motifs is 1. The van der Waals surface area contributed by atoms with E-state index in [0.29, 0.717) is 6.42 Å². The number of benzene rings is 1. The SMILES string of the molecule is Nc1cc2c(cc1NCC1CCCC1)NC(=O)CC2. The predicted molar refractivity (Wildman–Crippen MR) is 78.3 cm³/mol. The maximum atomic E-state index is 11.4. The number of hydrogen-bond donors (Lipinski definition) is 3. The predicted octanol–water partition coefficient (Wildman–Crippen LogP) is 2.76. The van der Waals surface area contributed by atoms with E-state index in [-0.39, 0.29) is 5.91 Å². The summed E-state index contributed by atoms with van der Waals surface area (Å²) in [4.78, 5) is 11.4. The van der Waals surface area contributed by atoms with Crippen molar-refractivity contribution in [2.24, 2.45) is 5.92 Å². The first-order valence-corrected chi connectivity index (χ1v) is 7.18. The molecule has 0 saturated heterocycles. The third-order valence-corrected chi connectivity index (χ3v) is 4.23. The third kappa shape index (κ3) is 2.67. The van der Waals surface area contributed by atoms with Gasteiger partial charge >= 0.3 is 0 Å². The Kier molecular flexibility index (Phi) is 3.32. The second-order valence-corrected chi connectivity index (χ2v) is 5.68. The standard InChI is InChI=1S/C15H21N3O/c16-12-7-11-5-6-15(19)18-13(11)8-14(12)17-9-10-3-1-2-4-10/h7-8,10,17H,1-6,9,16H2,(H,18,19). The summed E-state index contributed by atoms with van der Waals surface area (Å²) in [5, 5.41) is 6.36. The van der Waals surface area contributed by atoms with Crippen molar-refractivity contribution in [1.29, 1.82) is 0 Å². The molecule has 1 amide bonds. The van der Waals surface area contributed by atoms with Gasteiger partial charge in [0, 0.05) is 18.7 Å². The summed E-state index contributed by atoms with van der Waals surface area (Å²) in [6, 6.07) is 3.97. The molecular weight excluding hydrogens is 238 g/mol. The van der Waals surface area contributed by atoms with E-state index in [1.54, 1.807) is 0 Å². The Balaban J connectivity index is 1.73. The first-order chi connectivity index (χ1) is 9.22. The van der Waals surface area contributed by atoms with Crippen molar-refractivity contribution in [1.82, 2.24) is 0 Å². The van der Waals surface area contributed by atoms with Crippen LogP contribution in [0.2, 0.25) is 0 Å². The van der Waals surface area contributed by atoms with Crippen molar-refractivity contribution >= 4 is 23.0 Å². The zero-order chi connectivity index (χ0) is 13.2. The first kappa shape index (κ1) is 12.3. The minimum absolute atomic E-state index is 0.0963. The highest BCUT2D eigenvalue weighted by Gasteiger charge is 2.18. The molecule has 3 rings (SSSR count). The molecular formula is C15H21N3O. The van der Waals surface area contributed by atoms with E-state index >= 15 is 0 Å². The Hall–Kier alpha value is -1.71. The number of nitrogens with two attached hydrogens (primary N) is 1. The Bertz CT molecular complexity index is 492. The van der Waals surface area contributed by atoms with E-state index in [1.807, 2.05) is 12.1 Å². The maximum Gasteiger partial charge on any atom is 0.224 e. The number of carbonyl (C=O) groups excluding carboxylic acids is 1. The summed E-state index contributed by atoms with van der Waals surface area (Å²) in [6.45, 7) is 0.983. The fourth-order valence-corrected chi connectivity index (χ4v) is 3.07. The number of amides is 1. The van der Waals surface area contributed by atoms with Gasteiger partial charge in [-0.2, -0.15) is 0 Å². The van der Waals surface area contributed by atoms with Crippen LogP contribution in [0.3, 0.4) is 0 Å². The van der Waals surface area contributed by atoms with Gasteiger partial charge in [-0.25, -0.2) is 0 Å². The van der Waals surface area contributed by atoms with Gasteiger partial charge in [-0.05, 0) is 42.9 Å². The molecule has 0 aromatic heterocycles. The highest BCUT2D eigenvalue weighted by atomic mass is 16.1. The lowest BCUT2D eigenvalue weighted by atomic mass is 10.0. The van der Waals surface area contributed by atoms with Crippen LogP contribution in [0.25, 0.3) is 0 Å². The van der Waals surface area contributed by atoms with Crippen molar-refractivity contribution in [3.63, 3.8) is 0 Å². The third-order valence-electron chi connectivity index (χ3n) is 4.23. The molecule has 1 heterocycles. The summed E-state index contributed by atoms with van der Waals surface area (Å²) in [5.41, 5.74) is 9.88. The summed E-state index contributed by atoms with van der Waals surface area (Å²) in [6.07, 6.45) is 6.67. The largest absolute Gasteiger partial charge is 0.397 e. The monoisotopic (exact) mass is 259 g/mol. The molecule has 1 aromatic carbocycles. The summed E-state index contributed by atoms with van der Waals surface area (Å²) in [7, 11) is 0. The van der Waals surface area contributed by atoms with Gasteiger partial charge < -0.3 is 16.4 Å². The van der Waals surface area contributed by atoms with E-state index in [4.69, 9.17) is 5.73 Å². The highest BCUT2D eigenvalue weighted by Crippen LogP contribution is 2.32. The number of nitrogen functional groups attached to an aromatic ring is 1.